The van der Waals surface area contributed by atoms with Crippen molar-refractivity contribution in [2.45, 2.75) is 31.7 Å². The molecule has 0 saturated heterocycles. The number of amides is 1. The molecule has 0 spiro atoms. The van der Waals surface area contributed by atoms with Gasteiger partial charge in [-0.25, -0.2) is 0 Å². The smallest absolute Gasteiger partial charge is 0.239 e. The van der Waals surface area contributed by atoms with E-state index in [-0.39, 0.29) is 18.4 Å². The maximum atomic E-state index is 11.7. The Morgan fingerprint density at radius 3 is 2.50 bits per heavy atom. The fourth-order valence-corrected chi connectivity index (χ4v) is 1.71. The zero-order valence-corrected chi connectivity index (χ0v) is 11.0. The van der Waals surface area contributed by atoms with Gasteiger partial charge in [-0.1, -0.05) is 30.3 Å². The van der Waals surface area contributed by atoms with Crippen LogP contribution in [-0.4, -0.2) is 29.7 Å². The number of benzene rings is 1. The van der Waals surface area contributed by atoms with Crippen molar-refractivity contribution >= 4 is 5.91 Å². The third-order valence-electron chi connectivity index (χ3n) is 2.84. The molecule has 0 aromatic heterocycles. The lowest BCUT2D eigenvalue weighted by molar-refractivity contribution is -0.125. The van der Waals surface area contributed by atoms with E-state index in [1.54, 1.807) is 13.8 Å². The SMILES string of the molecule is CC(C)(N)C(=O)NCC(CCO)c1ccccc1. The van der Waals surface area contributed by atoms with E-state index >= 15 is 0 Å². The fourth-order valence-electron chi connectivity index (χ4n) is 1.71. The average Bonchev–Trinajstić information content (AvgIpc) is 2.34. The van der Waals surface area contributed by atoms with Crippen LogP contribution in [-0.2, 0) is 4.79 Å². The first kappa shape index (κ1) is 14.7. The van der Waals surface area contributed by atoms with Crippen LogP contribution in [0.5, 0.6) is 0 Å². The molecule has 0 aliphatic rings. The molecule has 4 nitrogen and oxygen atoms in total. The molecule has 0 radical (unpaired) electrons. The van der Waals surface area contributed by atoms with Crippen molar-refractivity contribution in [2.24, 2.45) is 5.73 Å². The van der Waals surface area contributed by atoms with Gasteiger partial charge in [-0.15, -0.1) is 0 Å². The van der Waals surface area contributed by atoms with Crippen molar-refractivity contribution in [2.75, 3.05) is 13.2 Å². The van der Waals surface area contributed by atoms with Gasteiger partial charge >= 0.3 is 0 Å². The summed E-state index contributed by atoms with van der Waals surface area (Å²) in [6, 6.07) is 9.85. The van der Waals surface area contributed by atoms with Crippen molar-refractivity contribution in [1.82, 2.24) is 5.32 Å². The molecule has 4 heteroatoms. The van der Waals surface area contributed by atoms with Gasteiger partial charge < -0.3 is 16.2 Å². The summed E-state index contributed by atoms with van der Waals surface area (Å²) in [5.41, 5.74) is 5.95. The van der Waals surface area contributed by atoms with E-state index < -0.39 is 5.54 Å². The van der Waals surface area contributed by atoms with E-state index in [9.17, 15) is 4.79 Å². The summed E-state index contributed by atoms with van der Waals surface area (Å²) in [6.45, 7) is 3.93. The van der Waals surface area contributed by atoms with Crippen molar-refractivity contribution in [3.8, 4) is 0 Å². The van der Waals surface area contributed by atoms with Gasteiger partial charge in [-0.3, -0.25) is 4.79 Å². The third-order valence-corrected chi connectivity index (χ3v) is 2.84. The molecule has 0 aliphatic carbocycles. The first-order chi connectivity index (χ1) is 8.45. The predicted octanol–water partition coefficient (Wildman–Crippen LogP) is 1.01. The molecule has 0 heterocycles. The number of rotatable bonds is 6. The Bertz CT molecular complexity index is 371. The number of hydrogen-bond donors (Lipinski definition) is 3. The lowest BCUT2D eigenvalue weighted by atomic mass is 9.95. The molecule has 1 atom stereocenters. The standard InChI is InChI=1S/C14H22N2O2/c1-14(2,15)13(18)16-10-12(8-9-17)11-6-4-3-5-7-11/h3-7,12,17H,8-10,15H2,1-2H3,(H,16,18). The molecule has 0 aliphatic heterocycles. The summed E-state index contributed by atoms with van der Waals surface area (Å²) < 4.78 is 0. The Morgan fingerprint density at radius 1 is 1.39 bits per heavy atom. The van der Waals surface area contributed by atoms with Crippen molar-refractivity contribution in [3.05, 3.63) is 35.9 Å². The Hall–Kier alpha value is -1.39. The van der Waals surface area contributed by atoms with Crippen molar-refractivity contribution in [1.29, 1.82) is 0 Å². The van der Waals surface area contributed by atoms with E-state index in [1.807, 2.05) is 30.3 Å². The Kier molecular flexibility index (Phi) is 5.31. The molecule has 1 unspecified atom stereocenters. The molecule has 0 bridgehead atoms. The van der Waals surface area contributed by atoms with E-state index in [0.29, 0.717) is 13.0 Å². The van der Waals surface area contributed by atoms with Crippen LogP contribution in [0.25, 0.3) is 0 Å². The Morgan fingerprint density at radius 2 is 2.00 bits per heavy atom. The molecule has 1 rings (SSSR count). The molecule has 4 N–H and O–H groups in total. The van der Waals surface area contributed by atoms with Gasteiger partial charge in [0.1, 0.15) is 0 Å². The summed E-state index contributed by atoms with van der Waals surface area (Å²) in [7, 11) is 0. The van der Waals surface area contributed by atoms with Crippen LogP contribution in [0, 0.1) is 0 Å². The van der Waals surface area contributed by atoms with Crippen LogP contribution in [0.1, 0.15) is 31.7 Å². The molecule has 1 aromatic rings. The van der Waals surface area contributed by atoms with Crippen LogP contribution in [0.3, 0.4) is 0 Å². The largest absolute Gasteiger partial charge is 0.396 e. The molecule has 100 valence electrons. The lowest BCUT2D eigenvalue weighted by Gasteiger charge is -2.22. The fraction of sp³-hybridized carbons (Fsp3) is 0.500. The van der Waals surface area contributed by atoms with Gasteiger partial charge in [-0.2, -0.15) is 0 Å². The van der Waals surface area contributed by atoms with Gasteiger partial charge in [0.05, 0.1) is 5.54 Å². The summed E-state index contributed by atoms with van der Waals surface area (Å²) >= 11 is 0. The lowest BCUT2D eigenvalue weighted by Crippen LogP contribution is -2.49. The second kappa shape index (κ2) is 6.52. The highest BCUT2D eigenvalue weighted by Crippen LogP contribution is 2.18. The second-order valence-corrected chi connectivity index (χ2v) is 5.05. The highest BCUT2D eigenvalue weighted by molar-refractivity contribution is 5.85. The van der Waals surface area contributed by atoms with Crippen LogP contribution < -0.4 is 11.1 Å². The molecular formula is C14H22N2O2. The van der Waals surface area contributed by atoms with E-state index in [2.05, 4.69) is 5.32 Å². The summed E-state index contributed by atoms with van der Waals surface area (Å²) in [4.78, 5) is 11.7. The summed E-state index contributed by atoms with van der Waals surface area (Å²) in [6.07, 6.45) is 0.620. The zero-order chi connectivity index (χ0) is 13.6. The van der Waals surface area contributed by atoms with Crippen LogP contribution in [0.4, 0.5) is 0 Å². The second-order valence-electron chi connectivity index (χ2n) is 5.05. The molecular weight excluding hydrogens is 228 g/mol. The van der Waals surface area contributed by atoms with Crippen LogP contribution in [0.2, 0.25) is 0 Å². The first-order valence-electron chi connectivity index (χ1n) is 6.18. The molecule has 1 aromatic carbocycles. The maximum Gasteiger partial charge on any atom is 0.239 e. The van der Waals surface area contributed by atoms with E-state index in [4.69, 9.17) is 10.8 Å². The number of aliphatic hydroxyl groups is 1. The molecule has 0 fully saturated rings. The minimum Gasteiger partial charge on any atom is -0.396 e. The van der Waals surface area contributed by atoms with Gasteiger partial charge in [0.2, 0.25) is 5.91 Å². The number of nitrogens with two attached hydrogens (primary N) is 1. The number of aliphatic hydroxyl groups excluding tert-OH is 1. The Labute approximate surface area is 108 Å². The number of carbonyl (C=O) groups excluding carboxylic acids is 1. The van der Waals surface area contributed by atoms with E-state index in [1.165, 1.54) is 0 Å². The summed E-state index contributed by atoms with van der Waals surface area (Å²) in [5, 5.41) is 11.9. The Balaban J connectivity index is 2.62. The third kappa shape index (κ3) is 4.47. The number of hydrogen-bond acceptors (Lipinski definition) is 3. The van der Waals surface area contributed by atoms with Gasteiger partial charge in [0.15, 0.2) is 0 Å². The number of carbonyl (C=O) groups is 1. The minimum atomic E-state index is -0.875. The molecule has 1 amide bonds. The maximum absolute atomic E-state index is 11.7. The normalized spacial score (nSPS) is 13.1. The summed E-state index contributed by atoms with van der Waals surface area (Å²) in [5.74, 6) is -0.0659. The van der Waals surface area contributed by atoms with Crippen molar-refractivity contribution in [3.63, 3.8) is 0 Å². The highest BCUT2D eigenvalue weighted by Gasteiger charge is 2.22. The van der Waals surface area contributed by atoms with Crippen LogP contribution >= 0.6 is 0 Å². The van der Waals surface area contributed by atoms with Crippen molar-refractivity contribution < 1.29 is 9.90 Å². The quantitative estimate of drug-likeness (QED) is 0.705. The first-order valence-corrected chi connectivity index (χ1v) is 6.18. The average molecular weight is 250 g/mol. The van der Waals surface area contributed by atoms with Gasteiger partial charge in [0.25, 0.3) is 0 Å². The predicted molar refractivity (Wildman–Crippen MR) is 72.2 cm³/mol. The van der Waals surface area contributed by atoms with Gasteiger partial charge in [-0.05, 0) is 25.8 Å². The monoisotopic (exact) mass is 250 g/mol. The van der Waals surface area contributed by atoms with Gasteiger partial charge in [0, 0.05) is 19.1 Å². The topological polar surface area (TPSA) is 75.4 Å². The zero-order valence-electron chi connectivity index (χ0n) is 11.0. The highest BCUT2D eigenvalue weighted by atomic mass is 16.3. The number of nitrogens with one attached hydrogen (secondary N) is 1. The van der Waals surface area contributed by atoms with E-state index in [0.717, 1.165) is 5.56 Å². The van der Waals surface area contributed by atoms with Crippen LogP contribution in [0.15, 0.2) is 30.3 Å². The minimum absolute atomic E-state index is 0.0987. The molecule has 18 heavy (non-hydrogen) atoms. The molecule has 0 saturated carbocycles.